The highest BCUT2D eigenvalue weighted by Crippen LogP contribution is 2.17. The van der Waals surface area contributed by atoms with Crippen LogP contribution in [0.2, 0.25) is 0 Å². The second-order valence-corrected chi connectivity index (χ2v) is 5.23. The number of rotatable bonds is 11. The van der Waals surface area contributed by atoms with E-state index in [1.54, 1.807) is 7.11 Å². The van der Waals surface area contributed by atoms with Crippen LogP contribution in [0.4, 0.5) is 5.69 Å². The molecule has 0 bridgehead atoms. The molecule has 0 amide bonds. The lowest BCUT2D eigenvalue weighted by Gasteiger charge is -2.11. The molecule has 1 rings (SSSR count). The highest BCUT2D eigenvalue weighted by Gasteiger charge is 1.98. The number of ether oxygens (including phenoxy) is 2. The van der Waals surface area contributed by atoms with Crippen molar-refractivity contribution in [3.63, 3.8) is 0 Å². The molecule has 1 aromatic carbocycles. The Morgan fingerprint density at radius 2 is 1.95 bits per heavy atom. The van der Waals surface area contributed by atoms with E-state index in [4.69, 9.17) is 9.47 Å². The predicted molar refractivity (Wildman–Crippen MR) is 84.6 cm³/mol. The SMILES string of the molecule is COCCNCCNc1cccc(OCCC(C)C)c1. The first-order valence-corrected chi connectivity index (χ1v) is 7.38. The second kappa shape index (κ2) is 10.5. The Bertz CT molecular complexity index is 356. The monoisotopic (exact) mass is 280 g/mol. The molecular formula is C16H28N2O2. The second-order valence-electron chi connectivity index (χ2n) is 5.23. The molecule has 114 valence electrons. The van der Waals surface area contributed by atoms with Crippen molar-refractivity contribution in [1.29, 1.82) is 0 Å². The zero-order valence-electron chi connectivity index (χ0n) is 12.9. The minimum absolute atomic E-state index is 0.675. The summed E-state index contributed by atoms with van der Waals surface area (Å²) in [5, 5.41) is 6.68. The van der Waals surface area contributed by atoms with Gasteiger partial charge >= 0.3 is 0 Å². The van der Waals surface area contributed by atoms with Gasteiger partial charge in [-0.1, -0.05) is 19.9 Å². The minimum Gasteiger partial charge on any atom is -0.494 e. The number of methoxy groups -OCH3 is 1. The number of hydrogen-bond acceptors (Lipinski definition) is 4. The van der Waals surface area contributed by atoms with Crippen LogP contribution in [-0.4, -0.2) is 40.0 Å². The lowest BCUT2D eigenvalue weighted by molar-refractivity contribution is 0.200. The van der Waals surface area contributed by atoms with Crippen LogP contribution in [0.25, 0.3) is 0 Å². The maximum atomic E-state index is 5.74. The molecule has 0 unspecified atom stereocenters. The van der Waals surface area contributed by atoms with E-state index in [-0.39, 0.29) is 0 Å². The van der Waals surface area contributed by atoms with Crippen LogP contribution >= 0.6 is 0 Å². The molecule has 4 heteroatoms. The molecule has 2 N–H and O–H groups in total. The van der Waals surface area contributed by atoms with Crippen molar-refractivity contribution in [3.05, 3.63) is 24.3 Å². The topological polar surface area (TPSA) is 42.5 Å². The number of anilines is 1. The van der Waals surface area contributed by atoms with Crippen LogP contribution < -0.4 is 15.4 Å². The average molecular weight is 280 g/mol. The van der Waals surface area contributed by atoms with Crippen LogP contribution in [-0.2, 0) is 4.74 Å². The van der Waals surface area contributed by atoms with E-state index in [2.05, 4.69) is 36.6 Å². The average Bonchev–Trinajstić information content (AvgIpc) is 2.43. The summed E-state index contributed by atoms with van der Waals surface area (Å²) in [4.78, 5) is 0. The Balaban J connectivity index is 2.22. The molecule has 0 spiro atoms. The van der Waals surface area contributed by atoms with Crippen molar-refractivity contribution in [1.82, 2.24) is 5.32 Å². The summed E-state index contributed by atoms with van der Waals surface area (Å²) >= 11 is 0. The fourth-order valence-electron chi connectivity index (χ4n) is 1.70. The third-order valence-corrected chi connectivity index (χ3v) is 2.91. The van der Waals surface area contributed by atoms with Gasteiger partial charge in [0.1, 0.15) is 5.75 Å². The third kappa shape index (κ3) is 8.02. The van der Waals surface area contributed by atoms with Gasteiger partial charge in [-0.2, -0.15) is 0 Å². The summed E-state index contributed by atoms with van der Waals surface area (Å²) in [6.07, 6.45) is 1.08. The van der Waals surface area contributed by atoms with Gasteiger partial charge < -0.3 is 20.1 Å². The molecule has 0 aliphatic heterocycles. The Morgan fingerprint density at radius 1 is 1.10 bits per heavy atom. The van der Waals surface area contributed by atoms with Crippen molar-refractivity contribution in [2.24, 2.45) is 5.92 Å². The van der Waals surface area contributed by atoms with Gasteiger partial charge in [-0.25, -0.2) is 0 Å². The standard InChI is InChI=1S/C16H28N2O2/c1-14(2)7-11-20-16-6-4-5-15(13-16)18-9-8-17-10-12-19-3/h4-6,13-14,17-18H,7-12H2,1-3H3. The minimum atomic E-state index is 0.675. The lowest BCUT2D eigenvalue weighted by Crippen LogP contribution is -2.25. The van der Waals surface area contributed by atoms with Crippen LogP contribution in [0.15, 0.2) is 24.3 Å². The quantitative estimate of drug-likeness (QED) is 0.612. The molecule has 20 heavy (non-hydrogen) atoms. The highest BCUT2D eigenvalue weighted by atomic mass is 16.5. The Hall–Kier alpha value is -1.26. The summed E-state index contributed by atoms with van der Waals surface area (Å²) in [5.74, 6) is 1.61. The zero-order valence-corrected chi connectivity index (χ0v) is 12.9. The molecule has 0 fully saturated rings. The van der Waals surface area contributed by atoms with E-state index in [0.717, 1.165) is 50.7 Å². The molecule has 1 aromatic rings. The van der Waals surface area contributed by atoms with Crippen molar-refractivity contribution < 1.29 is 9.47 Å². The molecule has 0 saturated heterocycles. The molecule has 0 aliphatic rings. The van der Waals surface area contributed by atoms with Gasteiger partial charge in [0.05, 0.1) is 13.2 Å². The van der Waals surface area contributed by atoms with Crippen LogP contribution in [0.5, 0.6) is 5.75 Å². The van der Waals surface area contributed by atoms with E-state index >= 15 is 0 Å². The molecule has 4 nitrogen and oxygen atoms in total. The smallest absolute Gasteiger partial charge is 0.121 e. The van der Waals surface area contributed by atoms with Crippen LogP contribution in [0.3, 0.4) is 0 Å². The molecule has 0 aromatic heterocycles. The first kappa shape index (κ1) is 16.8. The fraction of sp³-hybridized carbons (Fsp3) is 0.625. The van der Waals surface area contributed by atoms with Crippen LogP contribution in [0.1, 0.15) is 20.3 Å². The summed E-state index contributed by atoms with van der Waals surface area (Å²) in [6.45, 7) is 8.63. The van der Waals surface area contributed by atoms with E-state index < -0.39 is 0 Å². The number of hydrogen-bond donors (Lipinski definition) is 2. The Morgan fingerprint density at radius 3 is 2.70 bits per heavy atom. The summed E-state index contributed by atoms with van der Waals surface area (Å²) in [6, 6.07) is 8.13. The third-order valence-electron chi connectivity index (χ3n) is 2.91. The largest absolute Gasteiger partial charge is 0.494 e. The Kier molecular flexibility index (Phi) is 8.83. The molecule has 0 aliphatic carbocycles. The van der Waals surface area contributed by atoms with E-state index in [1.807, 2.05) is 12.1 Å². The zero-order chi connectivity index (χ0) is 14.6. The Labute approximate surface area is 122 Å². The van der Waals surface area contributed by atoms with Crippen molar-refractivity contribution in [2.45, 2.75) is 20.3 Å². The predicted octanol–water partition coefficient (Wildman–Crippen LogP) is 2.76. The summed E-state index contributed by atoms with van der Waals surface area (Å²) < 4.78 is 10.7. The maximum absolute atomic E-state index is 5.74. The number of nitrogens with one attached hydrogen (secondary N) is 2. The first-order chi connectivity index (χ1) is 9.72. The van der Waals surface area contributed by atoms with Gasteiger partial charge in [0.2, 0.25) is 0 Å². The van der Waals surface area contributed by atoms with Crippen molar-refractivity contribution >= 4 is 5.69 Å². The van der Waals surface area contributed by atoms with Crippen LogP contribution in [0, 0.1) is 5.92 Å². The van der Waals surface area contributed by atoms with Gasteiger partial charge in [0.25, 0.3) is 0 Å². The van der Waals surface area contributed by atoms with Gasteiger partial charge in [0.15, 0.2) is 0 Å². The summed E-state index contributed by atoms with van der Waals surface area (Å²) in [5.41, 5.74) is 1.10. The molecule has 0 radical (unpaired) electrons. The van der Waals surface area contributed by atoms with Gasteiger partial charge in [-0.15, -0.1) is 0 Å². The number of benzene rings is 1. The van der Waals surface area contributed by atoms with E-state index in [9.17, 15) is 0 Å². The highest BCUT2D eigenvalue weighted by molar-refractivity contribution is 5.48. The van der Waals surface area contributed by atoms with Gasteiger partial charge in [-0.3, -0.25) is 0 Å². The fourth-order valence-corrected chi connectivity index (χ4v) is 1.70. The van der Waals surface area contributed by atoms with E-state index in [0.29, 0.717) is 5.92 Å². The summed E-state index contributed by atoms with van der Waals surface area (Å²) in [7, 11) is 1.71. The normalized spacial score (nSPS) is 10.8. The van der Waals surface area contributed by atoms with Gasteiger partial charge in [0, 0.05) is 38.5 Å². The molecule has 0 heterocycles. The van der Waals surface area contributed by atoms with Crippen molar-refractivity contribution in [2.75, 3.05) is 45.3 Å². The first-order valence-electron chi connectivity index (χ1n) is 7.38. The molecule has 0 atom stereocenters. The molecular weight excluding hydrogens is 252 g/mol. The lowest BCUT2D eigenvalue weighted by atomic mass is 10.1. The van der Waals surface area contributed by atoms with Gasteiger partial charge in [-0.05, 0) is 24.5 Å². The maximum Gasteiger partial charge on any atom is 0.121 e. The van der Waals surface area contributed by atoms with E-state index in [1.165, 1.54) is 0 Å². The molecule has 0 saturated carbocycles. The van der Waals surface area contributed by atoms with Crippen molar-refractivity contribution in [3.8, 4) is 5.75 Å².